The summed E-state index contributed by atoms with van der Waals surface area (Å²) in [7, 11) is -0.0602. The molecule has 0 aliphatic rings. The molecule has 0 spiro atoms. The normalized spacial score (nSPS) is 11.4. The SMILES string of the molecule is CCc1cccc(CC)c1NC(=O)NS(=O)(=O)c1ccc(CN(C)C)cc1. The van der Waals surface area contributed by atoms with Crippen LogP contribution in [0.5, 0.6) is 0 Å². The molecule has 0 radical (unpaired) electrons. The number of rotatable bonds is 7. The Balaban J connectivity index is 2.15. The molecule has 7 heteroatoms. The van der Waals surface area contributed by atoms with E-state index in [1.165, 1.54) is 12.1 Å². The summed E-state index contributed by atoms with van der Waals surface area (Å²) in [4.78, 5) is 14.4. The first-order valence-corrected chi connectivity index (χ1v) is 10.4. The number of anilines is 1. The lowest BCUT2D eigenvalue weighted by atomic mass is 10.0. The van der Waals surface area contributed by atoms with E-state index in [9.17, 15) is 13.2 Å². The quantitative estimate of drug-likeness (QED) is 0.761. The number of urea groups is 1. The molecule has 2 rings (SSSR count). The fourth-order valence-corrected chi connectivity index (χ4v) is 3.77. The monoisotopic (exact) mass is 389 g/mol. The molecule has 0 bridgehead atoms. The van der Waals surface area contributed by atoms with Crippen molar-refractivity contribution in [3.63, 3.8) is 0 Å². The number of carbonyl (C=O) groups is 1. The van der Waals surface area contributed by atoms with E-state index in [0.29, 0.717) is 12.2 Å². The molecule has 27 heavy (non-hydrogen) atoms. The first-order chi connectivity index (χ1) is 12.8. The van der Waals surface area contributed by atoms with Crippen LogP contribution in [0.4, 0.5) is 10.5 Å². The number of nitrogens with zero attached hydrogens (tertiary/aromatic N) is 1. The van der Waals surface area contributed by atoms with Crippen molar-refractivity contribution in [2.45, 2.75) is 38.1 Å². The zero-order valence-electron chi connectivity index (χ0n) is 16.2. The fraction of sp³-hybridized carbons (Fsp3) is 0.350. The molecule has 6 nitrogen and oxygen atoms in total. The van der Waals surface area contributed by atoms with Crippen LogP contribution in [0.3, 0.4) is 0 Å². The number of sulfonamides is 1. The van der Waals surface area contributed by atoms with Crippen LogP contribution in [0.15, 0.2) is 47.4 Å². The number of aryl methyl sites for hydroxylation is 2. The summed E-state index contributed by atoms with van der Waals surface area (Å²) in [5.74, 6) is 0. The van der Waals surface area contributed by atoms with Crippen molar-refractivity contribution in [1.82, 2.24) is 9.62 Å². The molecule has 0 aliphatic carbocycles. The number of amides is 2. The van der Waals surface area contributed by atoms with Gasteiger partial charge in [0, 0.05) is 12.2 Å². The standard InChI is InChI=1S/C20H27N3O3S/c1-5-16-8-7-9-17(6-2)19(16)21-20(24)22-27(25,26)18-12-10-15(11-13-18)14-23(3)4/h7-13H,5-6,14H2,1-4H3,(H2,21,22,24). The van der Waals surface area contributed by atoms with Gasteiger partial charge in [0.15, 0.2) is 0 Å². The molecule has 0 aliphatic heterocycles. The Bertz CT molecular complexity index is 869. The summed E-state index contributed by atoms with van der Waals surface area (Å²) in [5, 5.41) is 2.71. The van der Waals surface area contributed by atoms with Gasteiger partial charge in [0.1, 0.15) is 0 Å². The van der Waals surface area contributed by atoms with Gasteiger partial charge in [-0.1, -0.05) is 44.2 Å². The summed E-state index contributed by atoms with van der Waals surface area (Å²) in [6.45, 7) is 4.69. The maximum Gasteiger partial charge on any atom is 0.333 e. The van der Waals surface area contributed by atoms with E-state index < -0.39 is 16.1 Å². The molecule has 2 aromatic rings. The van der Waals surface area contributed by atoms with Gasteiger partial charge in [0.2, 0.25) is 0 Å². The van der Waals surface area contributed by atoms with Crippen LogP contribution in [-0.2, 0) is 29.4 Å². The third-order valence-corrected chi connectivity index (χ3v) is 5.54. The van der Waals surface area contributed by atoms with Crippen molar-refractivity contribution in [3.8, 4) is 0 Å². The molecule has 0 unspecified atom stereocenters. The number of hydrogen-bond acceptors (Lipinski definition) is 4. The van der Waals surface area contributed by atoms with Crippen LogP contribution in [0.25, 0.3) is 0 Å². The van der Waals surface area contributed by atoms with Gasteiger partial charge >= 0.3 is 6.03 Å². The molecule has 0 aromatic heterocycles. The average molecular weight is 390 g/mol. The topological polar surface area (TPSA) is 78.5 Å². The molecule has 146 valence electrons. The summed E-state index contributed by atoms with van der Waals surface area (Å²) in [6, 6.07) is 11.5. The second-order valence-electron chi connectivity index (χ2n) is 6.60. The average Bonchev–Trinajstić information content (AvgIpc) is 2.61. The Morgan fingerprint density at radius 1 is 0.963 bits per heavy atom. The molecule has 2 amide bonds. The van der Waals surface area contributed by atoms with Gasteiger partial charge in [-0.05, 0) is 55.8 Å². The summed E-state index contributed by atoms with van der Waals surface area (Å²) >= 11 is 0. The smallest absolute Gasteiger partial charge is 0.307 e. The number of carbonyl (C=O) groups excluding carboxylic acids is 1. The molecule has 0 atom stereocenters. The molecule has 2 N–H and O–H groups in total. The first-order valence-electron chi connectivity index (χ1n) is 8.95. The first kappa shape index (κ1) is 20.9. The summed E-state index contributed by atoms with van der Waals surface area (Å²) < 4.78 is 27.1. The van der Waals surface area contributed by atoms with E-state index in [4.69, 9.17) is 0 Å². The van der Waals surface area contributed by atoms with Gasteiger partial charge in [-0.25, -0.2) is 17.9 Å². The minimum absolute atomic E-state index is 0.0552. The number of nitrogens with one attached hydrogen (secondary N) is 2. The highest BCUT2D eigenvalue weighted by atomic mass is 32.2. The van der Waals surface area contributed by atoms with E-state index in [0.717, 1.165) is 29.5 Å². The Morgan fingerprint density at radius 3 is 2.00 bits per heavy atom. The predicted octanol–water partition coefficient (Wildman–Crippen LogP) is 3.38. The Kier molecular flexibility index (Phi) is 6.98. The lowest BCUT2D eigenvalue weighted by Crippen LogP contribution is -2.34. The Hall–Kier alpha value is -2.38. The summed E-state index contributed by atoms with van der Waals surface area (Å²) in [5.41, 5.74) is 3.61. The fourth-order valence-electron chi connectivity index (χ4n) is 2.86. The van der Waals surface area contributed by atoms with E-state index in [-0.39, 0.29) is 4.90 Å². The van der Waals surface area contributed by atoms with E-state index in [1.54, 1.807) is 12.1 Å². The number of hydrogen-bond donors (Lipinski definition) is 2. The van der Waals surface area contributed by atoms with Crippen molar-refractivity contribution in [3.05, 3.63) is 59.2 Å². The molecule has 0 heterocycles. The van der Waals surface area contributed by atoms with Gasteiger partial charge in [-0.2, -0.15) is 0 Å². The Labute approximate surface area is 161 Å². The molecular formula is C20H27N3O3S. The number of para-hydroxylation sites is 1. The zero-order chi connectivity index (χ0) is 20.0. The second-order valence-corrected chi connectivity index (χ2v) is 8.28. The molecule has 0 saturated carbocycles. The summed E-state index contributed by atoms with van der Waals surface area (Å²) in [6.07, 6.45) is 1.48. The van der Waals surface area contributed by atoms with E-state index in [2.05, 4.69) is 10.0 Å². The van der Waals surface area contributed by atoms with Crippen LogP contribution < -0.4 is 10.0 Å². The van der Waals surface area contributed by atoms with E-state index in [1.807, 2.05) is 51.0 Å². The van der Waals surface area contributed by atoms with E-state index >= 15 is 0 Å². The van der Waals surface area contributed by atoms with Crippen molar-refractivity contribution in [1.29, 1.82) is 0 Å². The molecular weight excluding hydrogens is 362 g/mol. The third kappa shape index (κ3) is 5.55. The van der Waals surface area contributed by atoms with Crippen LogP contribution in [0, 0.1) is 0 Å². The van der Waals surface area contributed by atoms with Crippen molar-refractivity contribution >= 4 is 21.7 Å². The van der Waals surface area contributed by atoms with Gasteiger partial charge < -0.3 is 10.2 Å². The highest BCUT2D eigenvalue weighted by Gasteiger charge is 2.19. The maximum absolute atomic E-state index is 12.5. The molecule has 0 saturated heterocycles. The van der Waals surface area contributed by atoms with Gasteiger partial charge in [-0.15, -0.1) is 0 Å². The highest BCUT2D eigenvalue weighted by Crippen LogP contribution is 2.22. The lowest BCUT2D eigenvalue weighted by molar-refractivity contribution is 0.256. The second kappa shape index (κ2) is 9.01. The highest BCUT2D eigenvalue weighted by molar-refractivity contribution is 7.90. The predicted molar refractivity (Wildman–Crippen MR) is 108 cm³/mol. The van der Waals surface area contributed by atoms with Crippen LogP contribution in [0.1, 0.15) is 30.5 Å². The van der Waals surface area contributed by atoms with Gasteiger partial charge in [0.05, 0.1) is 4.90 Å². The third-order valence-electron chi connectivity index (χ3n) is 4.20. The lowest BCUT2D eigenvalue weighted by Gasteiger charge is -2.15. The number of benzene rings is 2. The molecule has 2 aromatic carbocycles. The maximum atomic E-state index is 12.5. The van der Waals surface area contributed by atoms with Crippen molar-refractivity contribution < 1.29 is 13.2 Å². The zero-order valence-corrected chi connectivity index (χ0v) is 17.1. The van der Waals surface area contributed by atoms with Crippen molar-refractivity contribution in [2.75, 3.05) is 19.4 Å². The van der Waals surface area contributed by atoms with Crippen molar-refractivity contribution in [2.24, 2.45) is 0 Å². The minimum atomic E-state index is -3.94. The van der Waals surface area contributed by atoms with Crippen LogP contribution in [0.2, 0.25) is 0 Å². The van der Waals surface area contributed by atoms with Gasteiger partial charge in [0.25, 0.3) is 10.0 Å². The van der Waals surface area contributed by atoms with Crippen LogP contribution in [-0.4, -0.2) is 33.4 Å². The Morgan fingerprint density at radius 2 is 1.52 bits per heavy atom. The molecule has 0 fully saturated rings. The van der Waals surface area contributed by atoms with Crippen LogP contribution >= 0.6 is 0 Å². The minimum Gasteiger partial charge on any atom is -0.307 e. The largest absolute Gasteiger partial charge is 0.333 e. The van der Waals surface area contributed by atoms with Gasteiger partial charge in [-0.3, -0.25) is 0 Å².